The van der Waals surface area contributed by atoms with Crippen molar-refractivity contribution in [1.29, 1.82) is 0 Å². The van der Waals surface area contributed by atoms with Crippen molar-refractivity contribution < 1.29 is 19.1 Å². The van der Waals surface area contributed by atoms with Gasteiger partial charge in [0, 0.05) is 44.6 Å². The molecule has 1 atom stereocenters. The monoisotopic (exact) mass is 501 g/mol. The molecule has 194 valence electrons. The molecule has 3 aromatic carbocycles. The molecule has 1 heterocycles. The largest absolute Gasteiger partial charge is 0.491 e. The van der Waals surface area contributed by atoms with E-state index in [1.54, 1.807) is 0 Å². The van der Waals surface area contributed by atoms with Crippen LogP contribution < -0.4 is 25.4 Å². The van der Waals surface area contributed by atoms with Gasteiger partial charge >= 0.3 is 0 Å². The second kappa shape index (κ2) is 12.9. The first kappa shape index (κ1) is 26.2. The second-order valence-corrected chi connectivity index (χ2v) is 9.29. The predicted molar refractivity (Wildman–Crippen MR) is 144 cm³/mol. The molecule has 2 amide bonds. The summed E-state index contributed by atoms with van der Waals surface area (Å²) in [5.74, 6) is 1.46. The molecule has 0 spiro atoms. The number of carbonyl (C=O) groups excluding carboxylic acids is 2. The summed E-state index contributed by atoms with van der Waals surface area (Å²) >= 11 is 0. The lowest BCUT2D eigenvalue weighted by Crippen LogP contribution is -2.31. The number of amides is 2. The smallest absolute Gasteiger partial charge is 0.220 e. The molecule has 3 N–H and O–H groups in total. The molecule has 7 nitrogen and oxygen atoms in total. The Morgan fingerprint density at radius 1 is 1.00 bits per heavy atom. The SMILES string of the molecule is CC(=O)NCCNCc1ccc(OCc2cccc(-c3ccccc3)c2C)cc1OCC1CCC(=O)N1. The highest BCUT2D eigenvalue weighted by atomic mass is 16.5. The van der Waals surface area contributed by atoms with Crippen molar-refractivity contribution in [3.63, 3.8) is 0 Å². The Morgan fingerprint density at radius 3 is 2.59 bits per heavy atom. The summed E-state index contributed by atoms with van der Waals surface area (Å²) in [6.45, 7) is 6.28. The third-order valence-electron chi connectivity index (χ3n) is 6.48. The van der Waals surface area contributed by atoms with Crippen LogP contribution in [0.25, 0.3) is 11.1 Å². The van der Waals surface area contributed by atoms with Crippen LogP contribution in [-0.2, 0) is 22.7 Å². The van der Waals surface area contributed by atoms with Gasteiger partial charge in [0.05, 0.1) is 6.04 Å². The Kier molecular flexibility index (Phi) is 9.16. The standard InChI is InChI=1S/C30H35N3O4/c1-21-25(9-6-10-28(21)23-7-4-3-5-8-23)19-36-27-13-11-24(18-31-15-16-32-22(2)34)29(17-27)37-20-26-12-14-30(35)33-26/h3-11,13,17,26,31H,12,14-16,18-20H2,1-2H3,(H,32,34)(H,33,35). The molecule has 0 bridgehead atoms. The first-order valence-corrected chi connectivity index (χ1v) is 12.8. The summed E-state index contributed by atoms with van der Waals surface area (Å²) in [7, 11) is 0. The molecular weight excluding hydrogens is 466 g/mol. The molecule has 3 aromatic rings. The van der Waals surface area contributed by atoms with Gasteiger partial charge in [0.1, 0.15) is 24.7 Å². The van der Waals surface area contributed by atoms with Gasteiger partial charge in [-0.3, -0.25) is 9.59 Å². The maximum atomic E-state index is 11.6. The third kappa shape index (κ3) is 7.57. The number of nitrogens with one attached hydrogen (secondary N) is 3. The molecule has 1 aliphatic rings. The van der Waals surface area contributed by atoms with Crippen LogP contribution in [0.2, 0.25) is 0 Å². The van der Waals surface area contributed by atoms with E-state index in [9.17, 15) is 9.59 Å². The van der Waals surface area contributed by atoms with Crippen LogP contribution in [0, 0.1) is 6.92 Å². The minimum Gasteiger partial charge on any atom is -0.491 e. The van der Waals surface area contributed by atoms with Gasteiger partial charge in [-0.25, -0.2) is 0 Å². The van der Waals surface area contributed by atoms with Crippen LogP contribution in [0.1, 0.15) is 36.5 Å². The van der Waals surface area contributed by atoms with E-state index >= 15 is 0 Å². The fourth-order valence-electron chi connectivity index (χ4n) is 4.38. The van der Waals surface area contributed by atoms with Gasteiger partial charge in [0.2, 0.25) is 11.8 Å². The minimum absolute atomic E-state index is 0.0148. The normalized spacial score (nSPS) is 14.8. The zero-order valence-electron chi connectivity index (χ0n) is 21.5. The van der Waals surface area contributed by atoms with Crippen LogP contribution >= 0.6 is 0 Å². The topological polar surface area (TPSA) is 88.7 Å². The number of rotatable bonds is 12. The summed E-state index contributed by atoms with van der Waals surface area (Å²) in [5, 5.41) is 9.06. The number of carbonyl (C=O) groups is 2. The lowest BCUT2D eigenvalue weighted by molar-refractivity contribution is -0.120. The molecule has 37 heavy (non-hydrogen) atoms. The quantitative estimate of drug-likeness (QED) is 0.325. The Bertz CT molecular complexity index is 1210. The van der Waals surface area contributed by atoms with E-state index < -0.39 is 0 Å². The first-order chi connectivity index (χ1) is 18.0. The molecule has 1 saturated heterocycles. The lowest BCUT2D eigenvalue weighted by atomic mass is 9.97. The lowest BCUT2D eigenvalue weighted by Gasteiger charge is -2.18. The second-order valence-electron chi connectivity index (χ2n) is 9.29. The average Bonchev–Trinajstić information content (AvgIpc) is 3.32. The van der Waals surface area contributed by atoms with E-state index in [4.69, 9.17) is 9.47 Å². The van der Waals surface area contributed by atoms with Crippen molar-refractivity contribution in [2.24, 2.45) is 0 Å². The van der Waals surface area contributed by atoms with Gasteiger partial charge in [0.15, 0.2) is 0 Å². The zero-order valence-corrected chi connectivity index (χ0v) is 21.5. The van der Waals surface area contributed by atoms with E-state index in [-0.39, 0.29) is 17.9 Å². The summed E-state index contributed by atoms with van der Waals surface area (Å²) < 4.78 is 12.4. The summed E-state index contributed by atoms with van der Waals surface area (Å²) in [6, 6.07) is 22.5. The highest BCUT2D eigenvalue weighted by Crippen LogP contribution is 2.29. The van der Waals surface area contributed by atoms with Crippen molar-refractivity contribution in [2.45, 2.75) is 45.9 Å². The van der Waals surface area contributed by atoms with Crippen molar-refractivity contribution in [3.05, 3.63) is 83.4 Å². The number of benzene rings is 3. The summed E-state index contributed by atoms with van der Waals surface area (Å²) in [4.78, 5) is 22.6. The van der Waals surface area contributed by atoms with Gasteiger partial charge in [-0.1, -0.05) is 54.6 Å². The minimum atomic E-state index is -0.0459. The molecule has 1 fully saturated rings. The van der Waals surface area contributed by atoms with Gasteiger partial charge in [0.25, 0.3) is 0 Å². The Hall–Kier alpha value is -3.84. The summed E-state index contributed by atoms with van der Waals surface area (Å²) in [6.07, 6.45) is 1.31. The predicted octanol–water partition coefficient (Wildman–Crippen LogP) is 4.12. The van der Waals surface area contributed by atoms with E-state index in [1.165, 1.54) is 23.6 Å². The van der Waals surface area contributed by atoms with E-state index in [1.807, 2.05) is 36.4 Å². The van der Waals surface area contributed by atoms with Crippen molar-refractivity contribution in [3.8, 4) is 22.6 Å². The van der Waals surface area contributed by atoms with Crippen LogP contribution in [0.3, 0.4) is 0 Å². The van der Waals surface area contributed by atoms with Gasteiger partial charge in [-0.2, -0.15) is 0 Å². The fraction of sp³-hybridized carbons (Fsp3) is 0.333. The van der Waals surface area contributed by atoms with Crippen molar-refractivity contribution >= 4 is 11.8 Å². The molecule has 0 aliphatic carbocycles. The van der Waals surface area contributed by atoms with Crippen LogP contribution in [0.4, 0.5) is 0 Å². The van der Waals surface area contributed by atoms with Gasteiger partial charge in [-0.05, 0) is 41.7 Å². The average molecular weight is 502 g/mol. The highest BCUT2D eigenvalue weighted by Gasteiger charge is 2.21. The maximum Gasteiger partial charge on any atom is 0.220 e. The van der Waals surface area contributed by atoms with Crippen LogP contribution in [0.15, 0.2) is 66.7 Å². The molecule has 0 saturated carbocycles. The fourth-order valence-corrected chi connectivity index (χ4v) is 4.38. The first-order valence-electron chi connectivity index (χ1n) is 12.8. The van der Waals surface area contributed by atoms with Crippen LogP contribution in [-0.4, -0.2) is 37.6 Å². The Labute approximate surface area is 218 Å². The van der Waals surface area contributed by atoms with E-state index in [0.717, 1.165) is 29.0 Å². The highest BCUT2D eigenvalue weighted by molar-refractivity contribution is 5.78. The number of ether oxygens (including phenoxy) is 2. The van der Waals surface area contributed by atoms with Crippen LogP contribution in [0.5, 0.6) is 11.5 Å². The Morgan fingerprint density at radius 2 is 1.84 bits per heavy atom. The molecule has 1 unspecified atom stereocenters. The van der Waals surface area contributed by atoms with Crippen molar-refractivity contribution in [1.82, 2.24) is 16.0 Å². The van der Waals surface area contributed by atoms with Gasteiger partial charge < -0.3 is 25.4 Å². The number of hydrogen-bond donors (Lipinski definition) is 3. The molecule has 0 radical (unpaired) electrons. The zero-order chi connectivity index (χ0) is 26.0. The molecule has 4 rings (SSSR count). The molecule has 1 aliphatic heterocycles. The molecular formula is C30H35N3O4. The summed E-state index contributed by atoms with van der Waals surface area (Å²) in [5.41, 5.74) is 5.70. The number of hydrogen-bond acceptors (Lipinski definition) is 5. The third-order valence-corrected chi connectivity index (χ3v) is 6.48. The maximum absolute atomic E-state index is 11.6. The van der Waals surface area contributed by atoms with E-state index in [0.29, 0.717) is 39.3 Å². The van der Waals surface area contributed by atoms with Gasteiger partial charge in [-0.15, -0.1) is 0 Å². The van der Waals surface area contributed by atoms with Crippen molar-refractivity contribution in [2.75, 3.05) is 19.7 Å². The molecule has 7 heteroatoms. The van der Waals surface area contributed by atoms with E-state index in [2.05, 4.69) is 53.2 Å². The molecule has 0 aromatic heterocycles. The Balaban J connectivity index is 1.43.